The minimum Gasteiger partial charge on any atom is -0.459 e. The summed E-state index contributed by atoms with van der Waals surface area (Å²) in [5.74, 6) is 0.435. The van der Waals surface area contributed by atoms with Crippen LogP contribution in [0.4, 0.5) is 0 Å². The van der Waals surface area contributed by atoms with E-state index in [0.29, 0.717) is 5.76 Å². The van der Waals surface area contributed by atoms with Crippen LogP contribution in [-0.2, 0) is 0 Å². The van der Waals surface area contributed by atoms with E-state index in [0.717, 1.165) is 36.7 Å². The molecule has 0 unspecified atom stereocenters. The van der Waals surface area contributed by atoms with Crippen molar-refractivity contribution in [3.8, 4) is 0 Å². The summed E-state index contributed by atoms with van der Waals surface area (Å²) in [7, 11) is 1.82. The van der Waals surface area contributed by atoms with Gasteiger partial charge in [-0.2, -0.15) is 0 Å². The first-order valence-corrected chi connectivity index (χ1v) is 6.64. The molecule has 90 valence electrons. The molecule has 0 aliphatic heterocycles. The predicted molar refractivity (Wildman–Crippen MR) is 68.1 cm³/mol. The van der Waals surface area contributed by atoms with Crippen molar-refractivity contribution in [1.82, 2.24) is 4.90 Å². The van der Waals surface area contributed by atoms with Gasteiger partial charge in [0.05, 0.1) is 6.26 Å². The summed E-state index contributed by atoms with van der Waals surface area (Å²) in [5, 5.41) is 1.03. The van der Waals surface area contributed by atoms with Crippen LogP contribution in [0.3, 0.4) is 0 Å². The highest BCUT2D eigenvalue weighted by molar-refractivity contribution is 9.09. The maximum atomic E-state index is 11.9. The maximum Gasteiger partial charge on any atom is 0.289 e. The van der Waals surface area contributed by atoms with Gasteiger partial charge in [0.25, 0.3) is 5.91 Å². The van der Waals surface area contributed by atoms with Gasteiger partial charge in [0.2, 0.25) is 0 Å². The summed E-state index contributed by atoms with van der Waals surface area (Å²) in [5.41, 5.74) is 0.900. The Morgan fingerprint density at radius 2 is 2.19 bits per heavy atom. The Balaban J connectivity index is 2.40. The molecule has 0 saturated heterocycles. The quantitative estimate of drug-likeness (QED) is 0.595. The average Bonchev–Trinajstić information content (AvgIpc) is 2.69. The molecule has 0 atom stereocenters. The van der Waals surface area contributed by atoms with E-state index >= 15 is 0 Å². The normalized spacial score (nSPS) is 10.4. The highest BCUT2D eigenvalue weighted by atomic mass is 79.9. The minimum atomic E-state index is -0.0265. The van der Waals surface area contributed by atoms with Crippen LogP contribution in [0.25, 0.3) is 0 Å². The molecule has 0 bridgehead atoms. The van der Waals surface area contributed by atoms with Crippen LogP contribution < -0.4 is 0 Å². The number of hydrogen-bond acceptors (Lipinski definition) is 2. The van der Waals surface area contributed by atoms with E-state index in [1.165, 1.54) is 0 Å². The third-order valence-corrected chi connectivity index (χ3v) is 3.09. The number of hydrogen-bond donors (Lipinski definition) is 0. The zero-order valence-corrected chi connectivity index (χ0v) is 11.4. The molecular formula is C12H18BrNO2. The molecule has 0 aromatic carbocycles. The van der Waals surface area contributed by atoms with Crippen molar-refractivity contribution in [1.29, 1.82) is 0 Å². The first kappa shape index (κ1) is 13.3. The third-order valence-electron chi connectivity index (χ3n) is 2.53. The number of furan rings is 1. The first-order chi connectivity index (χ1) is 7.66. The Labute approximate surface area is 105 Å². The van der Waals surface area contributed by atoms with E-state index in [1.807, 2.05) is 20.0 Å². The number of carbonyl (C=O) groups excluding carboxylic acids is 1. The number of halogens is 1. The molecule has 1 heterocycles. The van der Waals surface area contributed by atoms with Gasteiger partial charge in [-0.05, 0) is 25.8 Å². The van der Waals surface area contributed by atoms with Crippen molar-refractivity contribution < 1.29 is 9.21 Å². The minimum absolute atomic E-state index is 0.0265. The number of unbranched alkanes of at least 4 members (excludes halogenated alkanes) is 2. The van der Waals surface area contributed by atoms with Gasteiger partial charge in [-0.1, -0.05) is 22.4 Å². The molecular weight excluding hydrogens is 270 g/mol. The highest BCUT2D eigenvalue weighted by Crippen LogP contribution is 2.11. The van der Waals surface area contributed by atoms with Gasteiger partial charge in [-0.25, -0.2) is 0 Å². The highest BCUT2D eigenvalue weighted by Gasteiger charge is 2.16. The molecule has 0 fully saturated rings. The van der Waals surface area contributed by atoms with Crippen molar-refractivity contribution in [3.05, 3.63) is 23.7 Å². The van der Waals surface area contributed by atoms with Crippen LogP contribution in [0.2, 0.25) is 0 Å². The second-order valence-electron chi connectivity index (χ2n) is 3.91. The molecule has 0 spiro atoms. The van der Waals surface area contributed by atoms with E-state index in [2.05, 4.69) is 15.9 Å². The fraction of sp³-hybridized carbons (Fsp3) is 0.583. The van der Waals surface area contributed by atoms with Crippen molar-refractivity contribution in [2.75, 3.05) is 18.9 Å². The van der Waals surface area contributed by atoms with E-state index in [9.17, 15) is 4.79 Å². The fourth-order valence-corrected chi connectivity index (χ4v) is 1.88. The molecule has 1 aromatic heterocycles. The lowest BCUT2D eigenvalue weighted by atomic mass is 10.2. The number of carbonyl (C=O) groups is 1. The summed E-state index contributed by atoms with van der Waals surface area (Å²) in [4.78, 5) is 13.6. The SMILES string of the molecule is Cc1ccoc1C(=O)N(C)CCCCCBr. The van der Waals surface area contributed by atoms with Gasteiger partial charge in [-0.3, -0.25) is 4.79 Å². The Kier molecular flexibility index (Phi) is 5.60. The van der Waals surface area contributed by atoms with Gasteiger partial charge < -0.3 is 9.32 Å². The van der Waals surface area contributed by atoms with Crippen LogP contribution in [0.15, 0.2) is 16.7 Å². The number of nitrogens with zero attached hydrogens (tertiary/aromatic N) is 1. The molecule has 1 aromatic rings. The number of amides is 1. The van der Waals surface area contributed by atoms with Crippen molar-refractivity contribution >= 4 is 21.8 Å². The Morgan fingerprint density at radius 3 is 2.75 bits per heavy atom. The number of alkyl halides is 1. The molecule has 0 radical (unpaired) electrons. The van der Waals surface area contributed by atoms with Gasteiger partial charge in [0.15, 0.2) is 5.76 Å². The molecule has 4 heteroatoms. The van der Waals surface area contributed by atoms with Crippen LogP contribution in [0, 0.1) is 6.92 Å². The van der Waals surface area contributed by atoms with E-state index in [4.69, 9.17) is 4.42 Å². The van der Waals surface area contributed by atoms with Gasteiger partial charge >= 0.3 is 0 Å². The van der Waals surface area contributed by atoms with Gasteiger partial charge in [0, 0.05) is 24.5 Å². The zero-order chi connectivity index (χ0) is 12.0. The number of rotatable bonds is 6. The van der Waals surface area contributed by atoms with E-state index in [-0.39, 0.29) is 5.91 Å². The van der Waals surface area contributed by atoms with Crippen LogP contribution >= 0.6 is 15.9 Å². The second-order valence-corrected chi connectivity index (χ2v) is 4.70. The van der Waals surface area contributed by atoms with Crippen LogP contribution in [0.5, 0.6) is 0 Å². The van der Waals surface area contributed by atoms with Crippen molar-refractivity contribution in [2.45, 2.75) is 26.2 Å². The molecule has 3 nitrogen and oxygen atoms in total. The molecule has 0 aliphatic carbocycles. The Hall–Kier alpha value is -0.770. The maximum absolute atomic E-state index is 11.9. The van der Waals surface area contributed by atoms with Crippen molar-refractivity contribution in [3.63, 3.8) is 0 Å². The zero-order valence-electron chi connectivity index (χ0n) is 9.83. The lowest BCUT2D eigenvalue weighted by Gasteiger charge is -2.15. The van der Waals surface area contributed by atoms with Crippen molar-refractivity contribution in [2.24, 2.45) is 0 Å². The molecule has 16 heavy (non-hydrogen) atoms. The Bertz CT molecular complexity index is 336. The average molecular weight is 288 g/mol. The summed E-state index contributed by atoms with van der Waals surface area (Å²) < 4.78 is 5.18. The molecule has 1 rings (SSSR count). The topological polar surface area (TPSA) is 33.5 Å². The lowest BCUT2D eigenvalue weighted by molar-refractivity contribution is 0.0760. The second kappa shape index (κ2) is 6.74. The van der Waals surface area contributed by atoms with Crippen LogP contribution in [-0.4, -0.2) is 29.7 Å². The smallest absolute Gasteiger partial charge is 0.289 e. The third kappa shape index (κ3) is 3.67. The summed E-state index contributed by atoms with van der Waals surface area (Å²) in [6.07, 6.45) is 4.89. The van der Waals surface area contributed by atoms with E-state index < -0.39 is 0 Å². The summed E-state index contributed by atoms with van der Waals surface area (Å²) in [6, 6.07) is 1.81. The van der Waals surface area contributed by atoms with Gasteiger partial charge in [-0.15, -0.1) is 0 Å². The predicted octanol–water partition coefficient (Wildman–Crippen LogP) is 3.23. The number of aryl methyl sites for hydroxylation is 1. The van der Waals surface area contributed by atoms with Crippen LogP contribution in [0.1, 0.15) is 35.4 Å². The summed E-state index contributed by atoms with van der Waals surface area (Å²) in [6.45, 7) is 2.67. The Morgan fingerprint density at radius 1 is 1.44 bits per heavy atom. The largest absolute Gasteiger partial charge is 0.459 e. The monoisotopic (exact) mass is 287 g/mol. The van der Waals surface area contributed by atoms with Gasteiger partial charge in [0.1, 0.15) is 0 Å². The fourth-order valence-electron chi connectivity index (χ4n) is 1.49. The molecule has 0 saturated carbocycles. The first-order valence-electron chi connectivity index (χ1n) is 5.52. The molecule has 0 aliphatic rings. The van der Waals surface area contributed by atoms with E-state index in [1.54, 1.807) is 11.2 Å². The molecule has 1 amide bonds. The summed E-state index contributed by atoms with van der Waals surface area (Å²) >= 11 is 3.39. The molecule has 0 N–H and O–H groups in total. The standard InChI is InChI=1S/C12H18BrNO2/c1-10-6-9-16-11(10)12(15)14(2)8-5-3-4-7-13/h6,9H,3-5,7-8H2,1-2H3. The lowest BCUT2D eigenvalue weighted by Crippen LogP contribution is -2.27.